The fraction of sp³-hybridized carbons (Fsp3) is 0.938. The van der Waals surface area contributed by atoms with Crippen molar-refractivity contribution in [3.63, 3.8) is 0 Å². The first-order valence-electron chi connectivity index (χ1n) is 8.55. The molecule has 132 valence electrons. The summed E-state index contributed by atoms with van der Waals surface area (Å²) < 4.78 is 0. The Kier molecular flexibility index (Phi) is 13.3. The first kappa shape index (κ1) is 21.9. The van der Waals surface area contributed by atoms with Gasteiger partial charge in [-0.15, -0.1) is 24.0 Å². The molecular formula is C16H36IN5. The van der Waals surface area contributed by atoms with Crippen LogP contribution >= 0.6 is 24.0 Å². The highest BCUT2D eigenvalue weighted by Crippen LogP contribution is 2.04. The van der Waals surface area contributed by atoms with E-state index in [2.05, 4.69) is 46.3 Å². The summed E-state index contributed by atoms with van der Waals surface area (Å²) in [6.45, 7) is 12.4. The van der Waals surface area contributed by atoms with Gasteiger partial charge in [0.1, 0.15) is 0 Å². The van der Waals surface area contributed by atoms with Crippen LogP contribution in [0.2, 0.25) is 0 Å². The van der Waals surface area contributed by atoms with Gasteiger partial charge in [0.25, 0.3) is 0 Å². The van der Waals surface area contributed by atoms with E-state index in [0.717, 1.165) is 31.5 Å². The molecule has 0 aromatic heterocycles. The summed E-state index contributed by atoms with van der Waals surface area (Å²) in [6.07, 6.45) is 3.72. The molecular weight excluding hydrogens is 389 g/mol. The van der Waals surface area contributed by atoms with Gasteiger partial charge in [-0.3, -0.25) is 4.99 Å². The van der Waals surface area contributed by atoms with Gasteiger partial charge in [-0.2, -0.15) is 0 Å². The maximum absolute atomic E-state index is 4.31. The largest absolute Gasteiger partial charge is 0.356 e. The van der Waals surface area contributed by atoms with Gasteiger partial charge in [0.2, 0.25) is 0 Å². The fourth-order valence-electron chi connectivity index (χ4n) is 2.69. The topological polar surface area (TPSA) is 42.9 Å². The molecule has 1 saturated heterocycles. The van der Waals surface area contributed by atoms with Gasteiger partial charge < -0.3 is 20.4 Å². The number of hydrogen-bond donors (Lipinski definition) is 2. The van der Waals surface area contributed by atoms with Crippen molar-refractivity contribution in [2.45, 2.75) is 33.1 Å². The Balaban J connectivity index is 0.00000441. The third kappa shape index (κ3) is 9.15. The predicted molar refractivity (Wildman–Crippen MR) is 107 cm³/mol. The normalized spacial score (nSPS) is 18.0. The SMILES string of the molecule is CCC(CC)CNC(=NC)NCCN1CCCN(C)CC1.I. The van der Waals surface area contributed by atoms with Crippen LogP contribution in [0.4, 0.5) is 0 Å². The lowest BCUT2D eigenvalue weighted by molar-refractivity contribution is 0.280. The van der Waals surface area contributed by atoms with Crippen LogP contribution in [0.15, 0.2) is 4.99 Å². The monoisotopic (exact) mass is 425 g/mol. The van der Waals surface area contributed by atoms with E-state index in [1.165, 1.54) is 45.4 Å². The molecule has 1 aliphatic rings. The maximum Gasteiger partial charge on any atom is 0.191 e. The van der Waals surface area contributed by atoms with Crippen LogP contribution in [0, 0.1) is 5.92 Å². The summed E-state index contributed by atoms with van der Waals surface area (Å²) in [5.74, 6) is 1.68. The van der Waals surface area contributed by atoms with E-state index in [4.69, 9.17) is 0 Å². The van der Waals surface area contributed by atoms with E-state index >= 15 is 0 Å². The fourth-order valence-corrected chi connectivity index (χ4v) is 2.69. The van der Waals surface area contributed by atoms with Gasteiger partial charge in [-0.1, -0.05) is 26.7 Å². The Hall–Kier alpha value is -0.0800. The number of nitrogens with one attached hydrogen (secondary N) is 2. The molecule has 5 nitrogen and oxygen atoms in total. The highest BCUT2D eigenvalue weighted by atomic mass is 127. The molecule has 2 N–H and O–H groups in total. The molecule has 1 fully saturated rings. The number of guanidine groups is 1. The number of hydrogen-bond acceptors (Lipinski definition) is 3. The Bertz CT molecular complexity index is 294. The van der Waals surface area contributed by atoms with Crippen molar-refractivity contribution < 1.29 is 0 Å². The predicted octanol–water partition coefficient (Wildman–Crippen LogP) is 1.84. The summed E-state index contributed by atoms with van der Waals surface area (Å²) in [6, 6.07) is 0. The maximum atomic E-state index is 4.31. The minimum Gasteiger partial charge on any atom is -0.356 e. The lowest BCUT2D eigenvalue weighted by Crippen LogP contribution is -2.43. The van der Waals surface area contributed by atoms with Gasteiger partial charge in [0, 0.05) is 39.8 Å². The summed E-state index contributed by atoms with van der Waals surface area (Å²) in [7, 11) is 4.06. The van der Waals surface area contributed by atoms with E-state index < -0.39 is 0 Å². The first-order valence-corrected chi connectivity index (χ1v) is 8.55. The van der Waals surface area contributed by atoms with Crippen LogP contribution in [0.25, 0.3) is 0 Å². The molecule has 0 spiro atoms. The van der Waals surface area contributed by atoms with Crippen molar-refractivity contribution in [2.75, 3.05) is 59.9 Å². The van der Waals surface area contributed by atoms with Gasteiger partial charge in [-0.25, -0.2) is 0 Å². The van der Waals surface area contributed by atoms with E-state index in [-0.39, 0.29) is 24.0 Å². The molecule has 1 heterocycles. The lowest BCUT2D eigenvalue weighted by atomic mass is 10.0. The zero-order chi connectivity index (χ0) is 15.5. The highest BCUT2D eigenvalue weighted by molar-refractivity contribution is 14.0. The van der Waals surface area contributed by atoms with Crippen LogP contribution in [-0.2, 0) is 0 Å². The molecule has 0 atom stereocenters. The standard InChI is InChI=1S/C16H35N5.HI/c1-5-15(6-2)14-19-16(17-3)18-8-11-21-10-7-9-20(4)12-13-21;/h15H,5-14H2,1-4H3,(H2,17,18,19);1H. The van der Waals surface area contributed by atoms with Crippen molar-refractivity contribution in [1.82, 2.24) is 20.4 Å². The smallest absolute Gasteiger partial charge is 0.191 e. The van der Waals surface area contributed by atoms with E-state index in [1.807, 2.05) is 7.05 Å². The number of rotatable bonds is 7. The average Bonchev–Trinajstić information content (AvgIpc) is 2.71. The third-order valence-electron chi connectivity index (χ3n) is 4.47. The number of nitrogens with zero attached hydrogens (tertiary/aromatic N) is 3. The van der Waals surface area contributed by atoms with E-state index in [0.29, 0.717) is 0 Å². The Morgan fingerprint density at radius 2 is 1.82 bits per heavy atom. The van der Waals surface area contributed by atoms with Gasteiger partial charge in [-0.05, 0) is 32.5 Å². The molecule has 0 radical (unpaired) electrons. The van der Waals surface area contributed by atoms with Crippen molar-refractivity contribution in [2.24, 2.45) is 10.9 Å². The van der Waals surface area contributed by atoms with E-state index in [9.17, 15) is 0 Å². The quantitative estimate of drug-likeness (QED) is 0.371. The Morgan fingerprint density at radius 3 is 2.45 bits per heavy atom. The molecule has 0 aromatic rings. The van der Waals surface area contributed by atoms with Crippen molar-refractivity contribution in [1.29, 1.82) is 0 Å². The number of aliphatic imine (C=N–C) groups is 1. The van der Waals surface area contributed by atoms with Crippen LogP contribution in [0.3, 0.4) is 0 Å². The van der Waals surface area contributed by atoms with Crippen LogP contribution in [0.5, 0.6) is 0 Å². The second-order valence-corrected chi connectivity index (χ2v) is 6.06. The van der Waals surface area contributed by atoms with Gasteiger partial charge in [0.15, 0.2) is 5.96 Å². The molecule has 0 bridgehead atoms. The Labute approximate surface area is 154 Å². The van der Waals surface area contributed by atoms with Crippen LogP contribution in [-0.4, -0.2) is 75.7 Å². The molecule has 0 aromatic carbocycles. The van der Waals surface area contributed by atoms with Crippen molar-refractivity contribution in [3.05, 3.63) is 0 Å². The number of halogens is 1. The van der Waals surface area contributed by atoms with Crippen molar-refractivity contribution in [3.8, 4) is 0 Å². The first-order chi connectivity index (χ1) is 10.2. The summed E-state index contributed by atoms with van der Waals surface area (Å²) in [5.41, 5.74) is 0. The van der Waals surface area contributed by atoms with E-state index in [1.54, 1.807) is 0 Å². The second kappa shape index (κ2) is 13.4. The number of likely N-dealkylation sites (N-methyl/N-ethyl adjacent to an activating group) is 1. The average molecular weight is 425 g/mol. The zero-order valence-corrected chi connectivity index (χ0v) is 17.2. The minimum atomic E-state index is 0. The zero-order valence-electron chi connectivity index (χ0n) is 14.9. The molecule has 0 saturated carbocycles. The van der Waals surface area contributed by atoms with Crippen LogP contribution in [0.1, 0.15) is 33.1 Å². The van der Waals surface area contributed by atoms with Crippen molar-refractivity contribution >= 4 is 29.9 Å². The summed E-state index contributed by atoms with van der Waals surface area (Å²) >= 11 is 0. The van der Waals surface area contributed by atoms with Crippen LogP contribution < -0.4 is 10.6 Å². The summed E-state index contributed by atoms with van der Waals surface area (Å²) in [4.78, 5) is 9.28. The second-order valence-electron chi connectivity index (χ2n) is 6.06. The molecule has 22 heavy (non-hydrogen) atoms. The summed E-state index contributed by atoms with van der Waals surface area (Å²) in [5, 5.41) is 6.88. The molecule has 6 heteroatoms. The molecule has 0 aliphatic carbocycles. The molecule has 1 aliphatic heterocycles. The third-order valence-corrected chi connectivity index (χ3v) is 4.47. The lowest BCUT2D eigenvalue weighted by Gasteiger charge is -2.21. The van der Waals surface area contributed by atoms with Gasteiger partial charge >= 0.3 is 0 Å². The molecule has 0 unspecified atom stereocenters. The highest BCUT2D eigenvalue weighted by Gasteiger charge is 2.11. The molecule has 0 amide bonds. The van der Waals surface area contributed by atoms with Gasteiger partial charge in [0.05, 0.1) is 0 Å². The minimum absolute atomic E-state index is 0. The Morgan fingerprint density at radius 1 is 1.09 bits per heavy atom. The molecule has 1 rings (SSSR count).